The summed E-state index contributed by atoms with van der Waals surface area (Å²) in [6, 6.07) is 83.8. The summed E-state index contributed by atoms with van der Waals surface area (Å²) in [6.07, 6.45) is 0. The number of furan rings is 1. The van der Waals surface area contributed by atoms with Gasteiger partial charge in [0.05, 0.1) is 22.1 Å². The van der Waals surface area contributed by atoms with Crippen LogP contribution >= 0.6 is 0 Å². The van der Waals surface area contributed by atoms with Gasteiger partial charge in [0.25, 0.3) is 0 Å². The zero-order valence-corrected chi connectivity index (χ0v) is 38.2. The largest absolute Gasteiger partial charge is 0.456 e. The van der Waals surface area contributed by atoms with Gasteiger partial charge in [-0.05, 0) is 99.4 Å². The van der Waals surface area contributed by atoms with E-state index in [1.54, 1.807) is 0 Å². The molecule has 0 radical (unpaired) electrons. The molecular formula is C65H39N5O. The summed E-state index contributed by atoms with van der Waals surface area (Å²) >= 11 is 0. The monoisotopic (exact) mass is 905 g/mol. The second kappa shape index (κ2) is 15.4. The third-order valence-corrected chi connectivity index (χ3v) is 14.3. The fourth-order valence-electron chi connectivity index (χ4n) is 11.1. The molecular weight excluding hydrogens is 867 g/mol. The first kappa shape index (κ1) is 39.4. The van der Waals surface area contributed by atoms with Gasteiger partial charge >= 0.3 is 0 Å². The van der Waals surface area contributed by atoms with Gasteiger partial charge < -0.3 is 13.6 Å². The van der Waals surface area contributed by atoms with Gasteiger partial charge in [-0.1, -0.05) is 170 Å². The van der Waals surface area contributed by atoms with Gasteiger partial charge in [-0.15, -0.1) is 0 Å². The molecule has 0 bridgehead atoms. The van der Waals surface area contributed by atoms with Crippen LogP contribution in [0.25, 0.3) is 144 Å². The number of hydrogen-bond donors (Lipinski definition) is 0. The Kier molecular flexibility index (Phi) is 8.56. The van der Waals surface area contributed by atoms with E-state index in [0.717, 1.165) is 105 Å². The molecule has 4 aromatic heterocycles. The van der Waals surface area contributed by atoms with Crippen molar-refractivity contribution >= 4 is 87.1 Å². The van der Waals surface area contributed by atoms with E-state index in [0.29, 0.717) is 17.5 Å². The molecule has 0 saturated heterocycles. The Balaban J connectivity index is 1.01. The first-order chi connectivity index (χ1) is 35.2. The number of hydrogen-bond acceptors (Lipinski definition) is 4. The fourth-order valence-corrected chi connectivity index (χ4v) is 11.1. The normalized spacial score (nSPS) is 11.9. The van der Waals surface area contributed by atoms with Gasteiger partial charge in [0.15, 0.2) is 17.5 Å². The van der Waals surface area contributed by atoms with Gasteiger partial charge in [0, 0.05) is 60.4 Å². The maximum Gasteiger partial charge on any atom is 0.164 e. The Morgan fingerprint density at radius 3 is 1.68 bits per heavy atom. The summed E-state index contributed by atoms with van der Waals surface area (Å²) in [5.41, 5.74) is 13.2. The highest BCUT2D eigenvalue weighted by Crippen LogP contribution is 2.44. The van der Waals surface area contributed by atoms with Crippen LogP contribution in [-0.4, -0.2) is 24.1 Å². The lowest BCUT2D eigenvalue weighted by atomic mass is 9.97. The molecule has 11 aromatic carbocycles. The standard InChI is InChI=1S/C65H39N5O/c1-3-16-40(17-4-1)41-30-32-42(33-31-41)63-66-64(51-25-15-28-57-61(51)49-23-10-13-27-56(49)69(57)45-20-5-2-6-21-45)68-65(67-63)54-39-60-62(50-24-11-14-29-59(50)71-60)53-38-46(34-35-47(53)54)70-55-26-12-9-22-48(55)52-36-43-18-7-8-19-44(43)37-58(52)70/h1-39H. The molecule has 15 rings (SSSR count). The molecule has 0 unspecified atom stereocenters. The highest BCUT2D eigenvalue weighted by molar-refractivity contribution is 6.23. The van der Waals surface area contributed by atoms with Crippen LogP contribution in [0.5, 0.6) is 0 Å². The van der Waals surface area contributed by atoms with Crippen molar-refractivity contribution in [3.05, 3.63) is 237 Å². The van der Waals surface area contributed by atoms with E-state index in [-0.39, 0.29) is 0 Å². The van der Waals surface area contributed by atoms with Crippen LogP contribution in [0.15, 0.2) is 241 Å². The summed E-state index contributed by atoms with van der Waals surface area (Å²) in [5, 5.41) is 11.2. The number of rotatable bonds is 6. The smallest absolute Gasteiger partial charge is 0.164 e. The van der Waals surface area contributed by atoms with Crippen LogP contribution in [0.4, 0.5) is 0 Å². The Morgan fingerprint density at radius 1 is 0.282 bits per heavy atom. The predicted molar refractivity (Wildman–Crippen MR) is 293 cm³/mol. The summed E-state index contributed by atoms with van der Waals surface area (Å²) in [4.78, 5) is 16.3. The topological polar surface area (TPSA) is 61.7 Å². The van der Waals surface area contributed by atoms with Crippen LogP contribution in [0, 0.1) is 0 Å². The molecule has 71 heavy (non-hydrogen) atoms. The summed E-state index contributed by atoms with van der Waals surface area (Å²) in [6.45, 7) is 0. The number of nitrogens with zero attached hydrogens (tertiary/aromatic N) is 5. The Bertz CT molecular complexity index is 4620. The van der Waals surface area contributed by atoms with E-state index in [1.165, 1.54) is 21.5 Å². The van der Waals surface area contributed by atoms with Crippen LogP contribution in [-0.2, 0) is 0 Å². The number of fused-ring (bicyclic) bond motifs is 12. The summed E-state index contributed by atoms with van der Waals surface area (Å²) in [5.74, 6) is 1.73. The average Bonchev–Trinajstić information content (AvgIpc) is 4.10. The minimum atomic E-state index is 0.560. The number of aromatic nitrogens is 5. The molecule has 4 heterocycles. The summed E-state index contributed by atoms with van der Waals surface area (Å²) in [7, 11) is 0. The van der Waals surface area contributed by atoms with Crippen molar-refractivity contribution in [1.82, 2.24) is 24.1 Å². The lowest BCUT2D eigenvalue weighted by Gasteiger charge is -2.14. The van der Waals surface area contributed by atoms with Gasteiger partial charge in [-0.3, -0.25) is 0 Å². The molecule has 6 heteroatoms. The van der Waals surface area contributed by atoms with E-state index in [9.17, 15) is 0 Å². The van der Waals surface area contributed by atoms with E-state index in [1.807, 2.05) is 18.2 Å². The lowest BCUT2D eigenvalue weighted by molar-refractivity contribution is 0.669. The molecule has 6 nitrogen and oxygen atoms in total. The third kappa shape index (κ3) is 6.11. The minimum absolute atomic E-state index is 0.560. The highest BCUT2D eigenvalue weighted by Gasteiger charge is 2.23. The third-order valence-electron chi connectivity index (χ3n) is 14.3. The van der Waals surface area contributed by atoms with Gasteiger partial charge in [-0.2, -0.15) is 0 Å². The maximum atomic E-state index is 6.80. The van der Waals surface area contributed by atoms with Crippen molar-refractivity contribution < 1.29 is 4.42 Å². The Hall–Kier alpha value is -9.65. The second-order valence-corrected chi connectivity index (χ2v) is 18.3. The molecule has 0 N–H and O–H groups in total. The van der Waals surface area contributed by atoms with Crippen molar-refractivity contribution in [2.45, 2.75) is 0 Å². The van der Waals surface area contributed by atoms with Gasteiger partial charge in [0.1, 0.15) is 11.2 Å². The zero-order valence-electron chi connectivity index (χ0n) is 38.2. The SMILES string of the molecule is c1ccc(-c2ccc(-c3nc(-c4cc5oc6ccccc6c5c5cc(-n6c7ccccc7c7cc8ccccc8cc76)ccc45)nc(-c4cccc5c4c4ccccc4n5-c4ccccc4)n3)cc2)cc1. The van der Waals surface area contributed by atoms with Gasteiger partial charge in [0.2, 0.25) is 0 Å². The van der Waals surface area contributed by atoms with Crippen LogP contribution in [0.3, 0.4) is 0 Å². The molecule has 0 atom stereocenters. The lowest BCUT2D eigenvalue weighted by Crippen LogP contribution is -2.01. The second-order valence-electron chi connectivity index (χ2n) is 18.3. The van der Waals surface area contributed by atoms with Crippen molar-refractivity contribution in [3.63, 3.8) is 0 Å². The molecule has 0 aliphatic carbocycles. The van der Waals surface area contributed by atoms with Crippen LogP contribution in [0.2, 0.25) is 0 Å². The average molecular weight is 906 g/mol. The maximum absolute atomic E-state index is 6.80. The number of benzene rings is 11. The summed E-state index contributed by atoms with van der Waals surface area (Å²) < 4.78 is 11.5. The van der Waals surface area contributed by atoms with E-state index in [4.69, 9.17) is 19.4 Å². The van der Waals surface area contributed by atoms with Crippen molar-refractivity contribution in [3.8, 4) is 56.7 Å². The molecule has 0 saturated carbocycles. The molecule has 0 amide bonds. The Morgan fingerprint density at radius 2 is 0.873 bits per heavy atom. The van der Waals surface area contributed by atoms with Crippen molar-refractivity contribution in [2.24, 2.45) is 0 Å². The number of para-hydroxylation sites is 4. The first-order valence-electron chi connectivity index (χ1n) is 24.0. The van der Waals surface area contributed by atoms with Gasteiger partial charge in [-0.25, -0.2) is 15.0 Å². The zero-order chi connectivity index (χ0) is 46.6. The first-order valence-corrected chi connectivity index (χ1v) is 24.0. The molecule has 330 valence electrons. The predicted octanol–water partition coefficient (Wildman–Crippen LogP) is 16.9. The molecule has 15 aromatic rings. The van der Waals surface area contributed by atoms with Crippen molar-refractivity contribution in [2.75, 3.05) is 0 Å². The highest BCUT2D eigenvalue weighted by atomic mass is 16.3. The Labute approximate surface area is 407 Å². The minimum Gasteiger partial charge on any atom is -0.456 e. The fraction of sp³-hybridized carbons (Fsp3) is 0. The molecule has 0 aliphatic rings. The molecule has 0 aliphatic heterocycles. The van der Waals surface area contributed by atoms with E-state index < -0.39 is 0 Å². The van der Waals surface area contributed by atoms with Crippen LogP contribution in [0.1, 0.15) is 0 Å². The molecule has 0 fully saturated rings. The van der Waals surface area contributed by atoms with Crippen LogP contribution < -0.4 is 0 Å². The van der Waals surface area contributed by atoms with E-state index in [2.05, 4.69) is 228 Å². The molecule has 0 spiro atoms. The van der Waals surface area contributed by atoms with Crippen molar-refractivity contribution in [1.29, 1.82) is 0 Å². The van der Waals surface area contributed by atoms with E-state index >= 15 is 0 Å². The quantitative estimate of drug-likeness (QED) is 0.167.